The predicted octanol–water partition coefficient (Wildman–Crippen LogP) is 3.18. The van der Waals surface area contributed by atoms with E-state index >= 15 is 0 Å². The molecule has 0 radical (unpaired) electrons. The Morgan fingerprint density at radius 3 is 2.14 bits per heavy atom. The minimum atomic E-state index is -5.62. The fourth-order valence-corrected chi connectivity index (χ4v) is 2.50. The molecule has 7 heteroatoms. The second-order valence-corrected chi connectivity index (χ2v) is 5.03. The Labute approximate surface area is 119 Å². The first-order valence-corrected chi connectivity index (χ1v) is 6.56. The molecule has 0 unspecified atom stereocenters. The molecule has 1 aromatic rings. The van der Waals surface area contributed by atoms with Crippen molar-refractivity contribution >= 4 is 0 Å². The summed E-state index contributed by atoms with van der Waals surface area (Å²) in [6.07, 6.45) is -4.58. The Hall–Kier alpha value is -1.21. The molecule has 1 aliphatic heterocycles. The van der Waals surface area contributed by atoms with E-state index in [1.165, 1.54) is 13.2 Å². The molecule has 0 spiro atoms. The molecule has 2 nitrogen and oxygen atoms in total. The van der Waals surface area contributed by atoms with Gasteiger partial charge in [-0.05, 0) is 48.7 Å². The van der Waals surface area contributed by atoms with Crippen LogP contribution < -0.4 is 5.32 Å². The lowest BCUT2D eigenvalue weighted by Crippen LogP contribution is -2.35. The van der Waals surface area contributed by atoms with Crippen LogP contribution in [-0.2, 0) is 30.1 Å². The van der Waals surface area contributed by atoms with E-state index in [1.807, 2.05) is 0 Å². The van der Waals surface area contributed by atoms with E-state index in [0.29, 0.717) is 31.5 Å². The number of methoxy groups -OCH3 is 1. The smallest absolute Gasteiger partial charge is 0.380 e. The second-order valence-electron chi connectivity index (χ2n) is 5.03. The number of benzene rings is 1. The van der Waals surface area contributed by atoms with Crippen LogP contribution in [0.15, 0.2) is 12.1 Å². The minimum Gasteiger partial charge on any atom is -0.380 e. The number of hydrogen-bond donors (Lipinski definition) is 1. The third-order valence-electron chi connectivity index (χ3n) is 3.56. The summed E-state index contributed by atoms with van der Waals surface area (Å²) in [5.41, 5.74) is 0.227. The molecule has 1 N–H and O–H groups in total. The highest BCUT2D eigenvalue weighted by Crippen LogP contribution is 2.46. The van der Waals surface area contributed by atoms with E-state index in [1.54, 1.807) is 0 Å². The topological polar surface area (TPSA) is 21.3 Å². The quantitative estimate of drug-likeness (QED) is 0.866. The molecule has 0 atom stereocenters. The van der Waals surface area contributed by atoms with Crippen LogP contribution >= 0.6 is 0 Å². The molecular formula is C14H16F5NO. The first kappa shape index (κ1) is 16.2. The van der Waals surface area contributed by atoms with Gasteiger partial charge in [-0.1, -0.05) is 6.07 Å². The molecule has 0 fully saturated rings. The number of nitrogens with one attached hydrogen (secondary N) is 1. The van der Waals surface area contributed by atoms with Crippen LogP contribution in [0.25, 0.3) is 0 Å². The molecule has 118 valence electrons. The van der Waals surface area contributed by atoms with Crippen molar-refractivity contribution in [3.8, 4) is 0 Å². The maximum absolute atomic E-state index is 13.7. The summed E-state index contributed by atoms with van der Waals surface area (Å²) in [6.45, 7) is 0.962. The van der Waals surface area contributed by atoms with Crippen LogP contribution in [0.5, 0.6) is 0 Å². The molecule has 2 rings (SSSR count). The zero-order valence-electron chi connectivity index (χ0n) is 11.5. The van der Waals surface area contributed by atoms with Gasteiger partial charge in [0, 0.05) is 12.7 Å². The maximum Gasteiger partial charge on any atom is 0.458 e. The minimum absolute atomic E-state index is 0.111. The fraction of sp³-hybridized carbons (Fsp3) is 0.571. The predicted molar refractivity (Wildman–Crippen MR) is 67.4 cm³/mol. The van der Waals surface area contributed by atoms with Crippen molar-refractivity contribution in [3.63, 3.8) is 0 Å². The number of hydrogen-bond acceptors (Lipinski definition) is 2. The van der Waals surface area contributed by atoms with Gasteiger partial charge in [-0.15, -0.1) is 0 Å². The normalized spacial score (nSPS) is 16.5. The zero-order chi connectivity index (χ0) is 15.7. The van der Waals surface area contributed by atoms with Gasteiger partial charge in [0.1, 0.15) is 0 Å². The maximum atomic E-state index is 13.7. The van der Waals surface area contributed by atoms with Crippen LogP contribution in [0.3, 0.4) is 0 Å². The first-order valence-electron chi connectivity index (χ1n) is 6.56. The Morgan fingerprint density at radius 1 is 1.05 bits per heavy atom. The molecule has 1 aliphatic rings. The van der Waals surface area contributed by atoms with Crippen LogP contribution in [0.1, 0.15) is 22.3 Å². The van der Waals surface area contributed by atoms with Gasteiger partial charge in [-0.25, -0.2) is 0 Å². The van der Waals surface area contributed by atoms with Gasteiger partial charge >= 0.3 is 12.1 Å². The summed E-state index contributed by atoms with van der Waals surface area (Å²) in [5.74, 6) is -4.88. The van der Waals surface area contributed by atoms with Crippen molar-refractivity contribution in [3.05, 3.63) is 34.4 Å². The van der Waals surface area contributed by atoms with Crippen molar-refractivity contribution in [2.45, 2.75) is 31.5 Å². The van der Waals surface area contributed by atoms with Crippen LogP contribution in [0.4, 0.5) is 22.0 Å². The summed E-state index contributed by atoms with van der Waals surface area (Å²) in [6, 6.07) is 2.41. The first-order chi connectivity index (χ1) is 9.77. The summed E-state index contributed by atoms with van der Waals surface area (Å²) in [4.78, 5) is 0. The van der Waals surface area contributed by atoms with Crippen molar-refractivity contribution in [1.29, 1.82) is 0 Å². The summed E-state index contributed by atoms with van der Waals surface area (Å²) >= 11 is 0. The zero-order valence-corrected chi connectivity index (χ0v) is 11.5. The van der Waals surface area contributed by atoms with E-state index in [-0.39, 0.29) is 12.2 Å². The van der Waals surface area contributed by atoms with Crippen molar-refractivity contribution < 1.29 is 26.7 Å². The summed E-state index contributed by atoms with van der Waals surface area (Å²) < 4.78 is 70.2. The van der Waals surface area contributed by atoms with Crippen LogP contribution in [0, 0.1) is 0 Å². The summed E-state index contributed by atoms with van der Waals surface area (Å²) in [7, 11) is 1.27. The van der Waals surface area contributed by atoms with Gasteiger partial charge in [0.25, 0.3) is 0 Å². The molecular weight excluding hydrogens is 293 g/mol. The third kappa shape index (κ3) is 3.18. The van der Waals surface area contributed by atoms with Crippen molar-refractivity contribution in [1.82, 2.24) is 5.32 Å². The lowest BCUT2D eigenvalue weighted by Gasteiger charge is -2.24. The highest BCUT2D eigenvalue weighted by Gasteiger charge is 2.59. The number of halogens is 5. The molecule has 21 heavy (non-hydrogen) atoms. The molecule has 1 heterocycles. The molecule has 0 saturated carbocycles. The monoisotopic (exact) mass is 309 g/mol. The van der Waals surface area contributed by atoms with Crippen LogP contribution in [-0.4, -0.2) is 26.4 Å². The number of rotatable bonds is 3. The Bertz CT molecular complexity index is 513. The van der Waals surface area contributed by atoms with Gasteiger partial charge in [0.15, 0.2) is 0 Å². The molecule has 0 saturated heterocycles. The van der Waals surface area contributed by atoms with E-state index < -0.39 is 17.7 Å². The summed E-state index contributed by atoms with van der Waals surface area (Å²) in [5, 5.41) is 3.09. The van der Waals surface area contributed by atoms with Gasteiger partial charge < -0.3 is 10.1 Å². The fourth-order valence-electron chi connectivity index (χ4n) is 2.50. The highest BCUT2D eigenvalue weighted by atomic mass is 19.4. The van der Waals surface area contributed by atoms with E-state index in [4.69, 9.17) is 4.74 Å². The SMILES string of the molecule is COCc1cc2c(cc1C(F)(F)C(F)(F)F)CCNCC2. The molecule has 0 bridgehead atoms. The van der Waals surface area contributed by atoms with Gasteiger partial charge in [0.2, 0.25) is 0 Å². The standard InChI is InChI=1S/C14H16F5NO/c1-21-8-11-6-9-2-4-20-5-3-10(9)7-12(11)13(15,16)14(17,18)19/h6-7,20H,2-5,8H2,1H3. The Morgan fingerprint density at radius 2 is 1.62 bits per heavy atom. The highest BCUT2D eigenvalue weighted by molar-refractivity contribution is 5.42. The van der Waals surface area contributed by atoms with Gasteiger partial charge in [-0.2, -0.15) is 22.0 Å². The molecule has 0 aromatic heterocycles. The average molecular weight is 309 g/mol. The Balaban J connectivity index is 2.55. The van der Waals surface area contributed by atoms with E-state index in [2.05, 4.69) is 5.32 Å². The number of fused-ring (bicyclic) bond motifs is 1. The van der Waals surface area contributed by atoms with E-state index in [9.17, 15) is 22.0 Å². The number of alkyl halides is 5. The van der Waals surface area contributed by atoms with Crippen LogP contribution in [0.2, 0.25) is 0 Å². The van der Waals surface area contributed by atoms with E-state index in [0.717, 1.165) is 11.6 Å². The lowest BCUT2D eigenvalue weighted by atomic mass is 9.92. The molecule has 0 amide bonds. The van der Waals surface area contributed by atoms with Crippen molar-refractivity contribution in [2.75, 3.05) is 20.2 Å². The van der Waals surface area contributed by atoms with Gasteiger partial charge in [-0.3, -0.25) is 0 Å². The third-order valence-corrected chi connectivity index (χ3v) is 3.56. The largest absolute Gasteiger partial charge is 0.458 e. The number of ether oxygens (including phenoxy) is 1. The average Bonchev–Trinajstić information content (AvgIpc) is 2.61. The Kier molecular flexibility index (Phi) is 4.53. The molecule has 0 aliphatic carbocycles. The second kappa shape index (κ2) is 5.88. The lowest BCUT2D eigenvalue weighted by molar-refractivity contribution is -0.289. The van der Waals surface area contributed by atoms with Gasteiger partial charge in [0.05, 0.1) is 6.61 Å². The van der Waals surface area contributed by atoms with Crippen molar-refractivity contribution in [2.24, 2.45) is 0 Å². The molecule has 1 aromatic carbocycles.